The van der Waals surface area contributed by atoms with Crippen LogP contribution in [0.4, 0.5) is 0 Å². The zero-order chi connectivity index (χ0) is 13.5. The number of rotatable bonds is 2. The first kappa shape index (κ1) is 13.4. The van der Waals surface area contributed by atoms with Crippen LogP contribution in [0.15, 0.2) is 0 Å². The SMILES string of the molecule is CC1NC(=O)C(C(C)C)N(C2(C)CCCC2)C1=O. The lowest BCUT2D eigenvalue weighted by molar-refractivity contribution is -0.158. The van der Waals surface area contributed by atoms with Crippen molar-refractivity contribution in [2.75, 3.05) is 0 Å². The fourth-order valence-electron chi connectivity index (χ4n) is 3.40. The van der Waals surface area contributed by atoms with Crippen LogP contribution in [-0.2, 0) is 9.59 Å². The van der Waals surface area contributed by atoms with Crippen molar-refractivity contribution >= 4 is 11.8 Å². The van der Waals surface area contributed by atoms with Crippen LogP contribution in [-0.4, -0.2) is 34.3 Å². The van der Waals surface area contributed by atoms with Crippen LogP contribution in [0.25, 0.3) is 0 Å². The Morgan fingerprint density at radius 2 is 1.83 bits per heavy atom. The van der Waals surface area contributed by atoms with Crippen molar-refractivity contribution in [1.82, 2.24) is 10.2 Å². The van der Waals surface area contributed by atoms with Crippen LogP contribution in [0.3, 0.4) is 0 Å². The van der Waals surface area contributed by atoms with Gasteiger partial charge in [-0.05, 0) is 32.6 Å². The second-order valence-corrected chi connectivity index (χ2v) is 6.33. The van der Waals surface area contributed by atoms with E-state index in [9.17, 15) is 9.59 Å². The van der Waals surface area contributed by atoms with E-state index in [0.29, 0.717) is 0 Å². The van der Waals surface area contributed by atoms with Crippen LogP contribution in [0, 0.1) is 5.92 Å². The third-order valence-electron chi connectivity index (χ3n) is 4.41. The van der Waals surface area contributed by atoms with E-state index in [1.54, 1.807) is 6.92 Å². The molecule has 0 radical (unpaired) electrons. The Kier molecular flexibility index (Phi) is 3.39. The van der Waals surface area contributed by atoms with Crippen LogP contribution in [0.1, 0.15) is 53.4 Å². The van der Waals surface area contributed by atoms with Gasteiger partial charge in [-0.25, -0.2) is 0 Å². The average Bonchev–Trinajstić information content (AvgIpc) is 2.70. The number of carbonyl (C=O) groups excluding carboxylic acids is 2. The predicted molar refractivity (Wildman–Crippen MR) is 69.9 cm³/mol. The summed E-state index contributed by atoms with van der Waals surface area (Å²) in [4.78, 5) is 26.6. The number of hydrogen-bond acceptors (Lipinski definition) is 2. The molecule has 102 valence electrons. The summed E-state index contributed by atoms with van der Waals surface area (Å²) in [6.45, 7) is 7.94. The number of piperazine rings is 1. The summed E-state index contributed by atoms with van der Waals surface area (Å²) < 4.78 is 0. The van der Waals surface area contributed by atoms with Crippen molar-refractivity contribution in [3.05, 3.63) is 0 Å². The summed E-state index contributed by atoms with van der Waals surface area (Å²) in [7, 11) is 0. The Morgan fingerprint density at radius 1 is 1.28 bits per heavy atom. The summed E-state index contributed by atoms with van der Waals surface area (Å²) in [6.07, 6.45) is 4.34. The Morgan fingerprint density at radius 3 is 2.33 bits per heavy atom. The Labute approximate surface area is 109 Å². The van der Waals surface area contributed by atoms with E-state index in [2.05, 4.69) is 12.2 Å². The number of carbonyl (C=O) groups is 2. The fourth-order valence-corrected chi connectivity index (χ4v) is 3.40. The molecule has 1 saturated heterocycles. The highest BCUT2D eigenvalue weighted by Gasteiger charge is 2.49. The van der Waals surface area contributed by atoms with E-state index in [0.717, 1.165) is 25.7 Å². The molecule has 4 heteroatoms. The monoisotopic (exact) mass is 252 g/mol. The molecule has 0 spiro atoms. The summed E-state index contributed by atoms with van der Waals surface area (Å²) in [5.74, 6) is 0.238. The van der Waals surface area contributed by atoms with E-state index in [-0.39, 0.29) is 35.4 Å². The first-order valence-corrected chi connectivity index (χ1v) is 7.00. The molecule has 18 heavy (non-hydrogen) atoms. The summed E-state index contributed by atoms with van der Waals surface area (Å²) in [5.41, 5.74) is -0.127. The Balaban J connectivity index is 2.36. The predicted octanol–water partition coefficient (Wildman–Crippen LogP) is 1.69. The second kappa shape index (κ2) is 4.56. The maximum Gasteiger partial charge on any atom is 0.246 e. The average molecular weight is 252 g/mol. The van der Waals surface area contributed by atoms with Gasteiger partial charge in [-0.15, -0.1) is 0 Å². The molecule has 1 N–H and O–H groups in total. The van der Waals surface area contributed by atoms with Gasteiger partial charge in [-0.2, -0.15) is 0 Å². The number of nitrogens with zero attached hydrogens (tertiary/aromatic N) is 1. The van der Waals surface area contributed by atoms with E-state index in [1.807, 2.05) is 18.7 Å². The van der Waals surface area contributed by atoms with E-state index in [1.165, 1.54) is 0 Å². The molecule has 0 bridgehead atoms. The van der Waals surface area contributed by atoms with Crippen molar-refractivity contribution in [3.63, 3.8) is 0 Å². The highest BCUT2D eigenvalue weighted by Crippen LogP contribution is 2.38. The van der Waals surface area contributed by atoms with E-state index in [4.69, 9.17) is 0 Å². The van der Waals surface area contributed by atoms with Gasteiger partial charge in [-0.1, -0.05) is 26.7 Å². The Hall–Kier alpha value is -1.06. The lowest BCUT2D eigenvalue weighted by atomic mass is 9.88. The molecule has 2 atom stereocenters. The van der Waals surface area contributed by atoms with E-state index >= 15 is 0 Å². The first-order valence-electron chi connectivity index (χ1n) is 7.00. The van der Waals surface area contributed by atoms with Gasteiger partial charge < -0.3 is 10.2 Å². The molecule has 2 amide bonds. The molecule has 2 rings (SSSR count). The number of nitrogens with one attached hydrogen (secondary N) is 1. The highest BCUT2D eigenvalue weighted by atomic mass is 16.2. The summed E-state index contributed by atoms with van der Waals surface area (Å²) >= 11 is 0. The van der Waals surface area contributed by atoms with Crippen LogP contribution in [0.5, 0.6) is 0 Å². The molecular formula is C14H24N2O2. The molecule has 4 nitrogen and oxygen atoms in total. The molecular weight excluding hydrogens is 228 g/mol. The van der Waals surface area contributed by atoms with Crippen molar-refractivity contribution in [1.29, 1.82) is 0 Å². The smallest absolute Gasteiger partial charge is 0.246 e. The van der Waals surface area contributed by atoms with Crippen LogP contribution in [0.2, 0.25) is 0 Å². The Bertz CT molecular complexity index is 359. The van der Waals surface area contributed by atoms with Gasteiger partial charge in [0.25, 0.3) is 0 Å². The van der Waals surface area contributed by atoms with Crippen LogP contribution < -0.4 is 5.32 Å². The zero-order valence-corrected chi connectivity index (χ0v) is 11.8. The molecule has 1 heterocycles. The van der Waals surface area contributed by atoms with E-state index < -0.39 is 0 Å². The van der Waals surface area contributed by atoms with Gasteiger partial charge in [0.1, 0.15) is 12.1 Å². The number of amides is 2. The minimum absolute atomic E-state index is 0.00484. The lowest BCUT2D eigenvalue weighted by Gasteiger charge is -2.48. The second-order valence-electron chi connectivity index (χ2n) is 6.33. The minimum Gasteiger partial charge on any atom is -0.343 e. The molecule has 2 fully saturated rings. The molecule has 0 aromatic rings. The van der Waals surface area contributed by atoms with Gasteiger partial charge in [0.15, 0.2) is 0 Å². The summed E-state index contributed by atoms with van der Waals surface area (Å²) in [6, 6.07) is -0.693. The van der Waals surface area contributed by atoms with Gasteiger partial charge in [0.2, 0.25) is 11.8 Å². The fraction of sp³-hybridized carbons (Fsp3) is 0.857. The topological polar surface area (TPSA) is 49.4 Å². The lowest BCUT2D eigenvalue weighted by Crippen LogP contribution is -2.69. The van der Waals surface area contributed by atoms with Crippen molar-refractivity contribution in [2.24, 2.45) is 5.92 Å². The molecule has 1 aliphatic heterocycles. The van der Waals surface area contributed by atoms with Gasteiger partial charge >= 0.3 is 0 Å². The summed E-state index contributed by atoms with van der Waals surface area (Å²) in [5, 5.41) is 2.80. The molecule has 1 saturated carbocycles. The van der Waals surface area contributed by atoms with Crippen molar-refractivity contribution in [2.45, 2.75) is 71.0 Å². The third kappa shape index (κ3) is 2.02. The molecule has 2 aliphatic rings. The van der Waals surface area contributed by atoms with Gasteiger partial charge in [0.05, 0.1) is 0 Å². The molecule has 0 aromatic carbocycles. The minimum atomic E-state index is -0.384. The van der Waals surface area contributed by atoms with Gasteiger partial charge in [-0.3, -0.25) is 9.59 Å². The number of hydrogen-bond donors (Lipinski definition) is 1. The molecule has 0 aromatic heterocycles. The van der Waals surface area contributed by atoms with Crippen molar-refractivity contribution in [3.8, 4) is 0 Å². The maximum absolute atomic E-state index is 12.5. The largest absolute Gasteiger partial charge is 0.343 e. The van der Waals surface area contributed by atoms with Crippen LogP contribution >= 0.6 is 0 Å². The third-order valence-corrected chi connectivity index (χ3v) is 4.41. The standard InChI is InChI=1S/C14H24N2O2/c1-9(2)11-12(17)15-10(3)13(18)16(11)14(4)7-5-6-8-14/h9-11H,5-8H2,1-4H3,(H,15,17). The quantitative estimate of drug-likeness (QED) is 0.813. The molecule has 2 unspecified atom stereocenters. The maximum atomic E-state index is 12.5. The molecule has 1 aliphatic carbocycles. The normalized spacial score (nSPS) is 31.9. The first-order chi connectivity index (χ1) is 8.37. The highest BCUT2D eigenvalue weighted by molar-refractivity contribution is 5.97. The zero-order valence-electron chi connectivity index (χ0n) is 11.8. The van der Waals surface area contributed by atoms with Crippen molar-refractivity contribution < 1.29 is 9.59 Å². The van der Waals surface area contributed by atoms with Gasteiger partial charge in [0, 0.05) is 5.54 Å².